The summed E-state index contributed by atoms with van der Waals surface area (Å²) in [6, 6.07) is -1.18. The highest BCUT2D eigenvalue weighted by Crippen LogP contribution is 2.66. The molecule has 174 valence electrons. The molecule has 2 fully saturated rings. The zero-order valence-electron chi connectivity index (χ0n) is 14.4. The minimum absolute atomic E-state index is 0.556. The second kappa shape index (κ2) is 8.97. The molecule has 0 spiro atoms. The molecule has 18 nitrogen and oxygen atoms in total. The number of nitrogens with one attached hydrogen (secondary N) is 1. The van der Waals surface area contributed by atoms with Crippen LogP contribution in [-0.4, -0.2) is 95.5 Å². The largest absolute Gasteiger partial charge is 0.490 e. The van der Waals surface area contributed by atoms with Crippen molar-refractivity contribution < 1.29 is 76.1 Å². The van der Waals surface area contributed by atoms with Crippen LogP contribution in [0.3, 0.4) is 0 Å². The molecule has 3 unspecified atom stereocenters. The number of aliphatic hydroxyl groups excluding tert-OH is 3. The molecule has 2 saturated heterocycles. The van der Waals surface area contributed by atoms with E-state index in [4.69, 9.17) is 24.5 Å². The van der Waals surface area contributed by atoms with Crippen molar-refractivity contribution >= 4 is 35.4 Å². The maximum absolute atomic E-state index is 12.0. The van der Waals surface area contributed by atoms with Crippen molar-refractivity contribution in [1.29, 1.82) is 0 Å². The van der Waals surface area contributed by atoms with Gasteiger partial charge in [0.05, 0.1) is 13.2 Å². The molecule has 2 aliphatic heterocycles. The summed E-state index contributed by atoms with van der Waals surface area (Å²) in [7, 11) is -17.2. The fourth-order valence-electron chi connectivity index (χ4n) is 2.50. The molecule has 0 aliphatic carbocycles. The number of carbonyl (C=O) groups excluding carboxylic acids is 2. The summed E-state index contributed by atoms with van der Waals surface area (Å²) in [4.78, 5) is 59.9. The molecule has 2 heterocycles. The van der Waals surface area contributed by atoms with Gasteiger partial charge in [-0.25, -0.2) is 18.5 Å². The number of hydrogen-bond donors (Lipinski definition) is 8. The van der Waals surface area contributed by atoms with Crippen LogP contribution in [0.15, 0.2) is 0 Å². The summed E-state index contributed by atoms with van der Waals surface area (Å²) in [5.41, 5.74) is 0. The Hall–Kier alpha value is -0.810. The molecule has 30 heavy (non-hydrogen) atoms. The minimum Gasteiger partial charge on any atom is -0.394 e. The van der Waals surface area contributed by atoms with Gasteiger partial charge in [-0.3, -0.25) is 19.5 Å². The number of nitrogens with zero attached hydrogens (tertiary/aromatic N) is 1. The number of urea groups is 1. The van der Waals surface area contributed by atoms with Crippen molar-refractivity contribution in [1.82, 2.24) is 10.2 Å². The third kappa shape index (κ3) is 6.35. The zero-order chi connectivity index (χ0) is 23.1. The van der Waals surface area contributed by atoms with Crippen molar-refractivity contribution in [2.45, 2.75) is 30.6 Å². The van der Waals surface area contributed by atoms with Crippen molar-refractivity contribution in [3.05, 3.63) is 0 Å². The Balaban J connectivity index is 2.13. The highest BCUT2D eigenvalue weighted by atomic mass is 31.3. The first-order chi connectivity index (χ1) is 13.6. The monoisotopic (exact) mass is 502 g/mol. The van der Waals surface area contributed by atoms with Crippen LogP contribution in [0.1, 0.15) is 0 Å². The van der Waals surface area contributed by atoms with Crippen LogP contribution in [-0.2, 0) is 36.4 Å². The van der Waals surface area contributed by atoms with Gasteiger partial charge in [-0.05, 0) is 0 Å². The molecule has 3 amide bonds. The van der Waals surface area contributed by atoms with Crippen LogP contribution in [0.25, 0.3) is 0 Å². The number of aliphatic hydroxyl groups is 3. The van der Waals surface area contributed by atoms with Gasteiger partial charge in [0.1, 0.15) is 18.3 Å². The highest BCUT2D eigenvalue weighted by molar-refractivity contribution is 7.66. The fourth-order valence-corrected chi connectivity index (χ4v) is 5.64. The third-order valence-electron chi connectivity index (χ3n) is 3.65. The van der Waals surface area contributed by atoms with E-state index in [2.05, 4.69) is 13.1 Å². The first-order valence-electron chi connectivity index (χ1n) is 7.61. The molecule has 0 saturated carbocycles. The second-order valence-corrected chi connectivity index (χ2v) is 10.2. The van der Waals surface area contributed by atoms with Gasteiger partial charge in [0, 0.05) is 0 Å². The molecular weight excluding hydrogens is 485 g/mol. The average molecular weight is 502 g/mol. The average Bonchev–Trinajstić information content (AvgIpc) is 2.81. The number of carbonyl (C=O) groups is 2. The summed E-state index contributed by atoms with van der Waals surface area (Å²) < 4.78 is 50.2. The van der Waals surface area contributed by atoms with E-state index < -0.39 is 79.2 Å². The summed E-state index contributed by atoms with van der Waals surface area (Å²) in [5, 5.41) is 30.4. The van der Waals surface area contributed by atoms with Gasteiger partial charge < -0.3 is 39.6 Å². The van der Waals surface area contributed by atoms with Crippen LogP contribution < -0.4 is 5.32 Å². The van der Waals surface area contributed by atoms with E-state index in [1.807, 2.05) is 0 Å². The first kappa shape index (κ1) is 25.5. The standard InChI is InChI=1S/C9H17N2O16P3/c12-2-4-5(13)6(14)8(24-4)11-1-3(7(15)10-9(11)16)25-29(20,21)27-30(22,23)26-28(17,18)19/h3-6,8,12-14H,1-2H2,(H,20,21)(H,22,23)(H,10,15,16)(H2,17,18,19)/t3?,4-,5-,6-,8-/m1/s1. The van der Waals surface area contributed by atoms with Crippen molar-refractivity contribution in [3.63, 3.8) is 0 Å². The number of phosphoric acid groups is 3. The summed E-state index contributed by atoms with van der Waals surface area (Å²) >= 11 is 0. The van der Waals surface area contributed by atoms with Crippen molar-refractivity contribution in [2.24, 2.45) is 0 Å². The van der Waals surface area contributed by atoms with E-state index in [1.54, 1.807) is 5.32 Å². The number of rotatable bonds is 8. The second-order valence-electron chi connectivity index (χ2n) is 5.86. The quantitative estimate of drug-likeness (QED) is 0.151. The fraction of sp³-hybridized carbons (Fsp3) is 0.778. The van der Waals surface area contributed by atoms with Gasteiger partial charge in [-0.1, -0.05) is 0 Å². The summed E-state index contributed by atoms with van der Waals surface area (Å²) in [6.07, 6.45) is -8.38. The van der Waals surface area contributed by atoms with Gasteiger partial charge in [0.25, 0.3) is 5.91 Å². The number of hydrogen-bond acceptors (Lipinski definition) is 12. The molecule has 2 aliphatic rings. The Labute approximate surface area is 166 Å². The van der Waals surface area contributed by atoms with E-state index in [9.17, 15) is 38.4 Å². The number of amides is 3. The van der Waals surface area contributed by atoms with Crippen molar-refractivity contribution in [3.8, 4) is 0 Å². The van der Waals surface area contributed by atoms with Crippen LogP contribution in [0.4, 0.5) is 4.79 Å². The maximum Gasteiger partial charge on any atom is 0.490 e. The lowest BCUT2D eigenvalue weighted by Gasteiger charge is -2.36. The highest BCUT2D eigenvalue weighted by Gasteiger charge is 2.51. The van der Waals surface area contributed by atoms with E-state index in [1.165, 1.54) is 0 Å². The first-order valence-corrected chi connectivity index (χ1v) is 12.1. The predicted molar refractivity (Wildman–Crippen MR) is 86.7 cm³/mol. The molecule has 0 radical (unpaired) electrons. The normalized spacial score (nSPS) is 34.4. The van der Waals surface area contributed by atoms with Crippen LogP contribution in [0.2, 0.25) is 0 Å². The van der Waals surface area contributed by atoms with Crippen LogP contribution in [0, 0.1) is 0 Å². The molecule has 0 bridgehead atoms. The van der Waals surface area contributed by atoms with Crippen LogP contribution >= 0.6 is 23.5 Å². The maximum atomic E-state index is 12.0. The molecule has 21 heteroatoms. The van der Waals surface area contributed by atoms with E-state index in [-0.39, 0.29) is 0 Å². The van der Waals surface area contributed by atoms with Gasteiger partial charge in [0.2, 0.25) is 0 Å². The summed E-state index contributed by atoms with van der Waals surface area (Å²) in [5.74, 6) is -1.33. The van der Waals surface area contributed by atoms with E-state index >= 15 is 0 Å². The van der Waals surface area contributed by atoms with Crippen LogP contribution in [0.5, 0.6) is 0 Å². The van der Waals surface area contributed by atoms with E-state index in [0.717, 1.165) is 0 Å². The van der Waals surface area contributed by atoms with Gasteiger partial charge in [-0.15, -0.1) is 0 Å². The molecule has 2 rings (SSSR count). The smallest absolute Gasteiger partial charge is 0.394 e. The minimum atomic E-state index is -5.84. The Bertz CT molecular complexity index is 829. The SMILES string of the molecule is O=C1NC(=O)N([C@@H]2O[C@H](CO)[C@@H](O)[C@H]2O)CC1OP(=O)(O)OP(=O)(O)OP(=O)(O)O. The lowest BCUT2D eigenvalue weighted by atomic mass is 10.1. The number of imide groups is 1. The zero-order valence-corrected chi connectivity index (χ0v) is 17.1. The number of phosphoric ester groups is 1. The van der Waals surface area contributed by atoms with Crippen molar-refractivity contribution in [2.75, 3.05) is 13.2 Å². The molecule has 0 aromatic heterocycles. The van der Waals surface area contributed by atoms with Gasteiger partial charge in [0.15, 0.2) is 12.3 Å². The van der Waals surface area contributed by atoms with E-state index in [0.29, 0.717) is 4.90 Å². The topological polar surface area (TPSA) is 279 Å². The lowest BCUT2D eigenvalue weighted by molar-refractivity contribution is -0.136. The Morgan fingerprint density at radius 3 is 2.13 bits per heavy atom. The third-order valence-corrected chi connectivity index (χ3v) is 7.49. The Morgan fingerprint density at radius 2 is 1.63 bits per heavy atom. The molecule has 8 N–H and O–H groups in total. The van der Waals surface area contributed by atoms with Gasteiger partial charge >= 0.3 is 29.5 Å². The molecular formula is C9H17N2O16P3. The van der Waals surface area contributed by atoms with Gasteiger partial charge in [-0.2, -0.15) is 8.62 Å². The number of ether oxygens (including phenoxy) is 1. The molecule has 7 atom stereocenters. The lowest BCUT2D eigenvalue weighted by Crippen LogP contribution is -2.62. The molecule has 0 aromatic carbocycles. The predicted octanol–water partition coefficient (Wildman–Crippen LogP) is -3.31. The molecule has 0 aromatic rings. The summed E-state index contributed by atoms with van der Waals surface area (Å²) in [6.45, 7) is -1.64. The Morgan fingerprint density at radius 1 is 1.03 bits per heavy atom. The Kier molecular flexibility index (Phi) is 7.61.